The van der Waals surface area contributed by atoms with Crippen molar-refractivity contribution < 1.29 is 0 Å². The van der Waals surface area contributed by atoms with Gasteiger partial charge in [-0.3, -0.25) is 9.98 Å². The van der Waals surface area contributed by atoms with Crippen molar-refractivity contribution in [3.8, 4) is 0 Å². The molecule has 0 bridgehead atoms. The van der Waals surface area contributed by atoms with Gasteiger partial charge < -0.3 is 32.7 Å². The summed E-state index contributed by atoms with van der Waals surface area (Å²) >= 11 is 0. The molecule has 8 nitrogen and oxygen atoms in total. The third-order valence-electron chi connectivity index (χ3n) is 3.32. The quantitative estimate of drug-likeness (QED) is 0.230. The van der Waals surface area contributed by atoms with E-state index in [0.717, 1.165) is 52.1 Å². The van der Waals surface area contributed by atoms with Crippen molar-refractivity contribution in [3.63, 3.8) is 0 Å². The van der Waals surface area contributed by atoms with Crippen LogP contribution in [-0.4, -0.2) is 74.1 Å². The van der Waals surface area contributed by atoms with E-state index in [2.05, 4.69) is 19.8 Å². The minimum absolute atomic E-state index is 0.176. The fourth-order valence-corrected chi connectivity index (χ4v) is 2.24. The first-order valence-corrected chi connectivity index (χ1v) is 7.13. The second-order valence-corrected chi connectivity index (χ2v) is 5.00. The molecule has 0 unspecified atom stereocenters. The molecule has 1 heterocycles. The van der Waals surface area contributed by atoms with Gasteiger partial charge in [0.1, 0.15) is 0 Å². The molecule has 1 aliphatic rings. The van der Waals surface area contributed by atoms with E-state index < -0.39 is 0 Å². The van der Waals surface area contributed by atoms with E-state index in [4.69, 9.17) is 22.9 Å². The smallest absolute Gasteiger partial charge is 0.185 e. The van der Waals surface area contributed by atoms with Crippen molar-refractivity contribution in [2.75, 3.05) is 52.4 Å². The third-order valence-corrected chi connectivity index (χ3v) is 3.32. The van der Waals surface area contributed by atoms with Crippen molar-refractivity contribution >= 4 is 11.9 Å². The van der Waals surface area contributed by atoms with Gasteiger partial charge in [0.25, 0.3) is 0 Å². The van der Waals surface area contributed by atoms with Gasteiger partial charge >= 0.3 is 0 Å². The van der Waals surface area contributed by atoms with Crippen LogP contribution in [0.3, 0.4) is 0 Å². The highest BCUT2D eigenvalue weighted by Crippen LogP contribution is 2.03. The lowest BCUT2D eigenvalue weighted by Crippen LogP contribution is -2.47. The summed E-state index contributed by atoms with van der Waals surface area (Å²) in [6, 6.07) is 0. The lowest BCUT2D eigenvalue weighted by Gasteiger charge is -2.34. The minimum atomic E-state index is 0.176. The summed E-state index contributed by atoms with van der Waals surface area (Å²) in [6.07, 6.45) is 2.00. The summed E-state index contributed by atoms with van der Waals surface area (Å²) in [5.74, 6) is 0.353. The zero-order valence-corrected chi connectivity index (χ0v) is 12.2. The Kier molecular flexibility index (Phi) is 7.74. The van der Waals surface area contributed by atoms with Gasteiger partial charge in [0, 0.05) is 52.4 Å². The lowest BCUT2D eigenvalue weighted by molar-refractivity contribution is 0.131. The van der Waals surface area contributed by atoms with Crippen LogP contribution in [0.2, 0.25) is 0 Å². The Balaban J connectivity index is 2.05. The lowest BCUT2D eigenvalue weighted by atomic mass is 10.2. The van der Waals surface area contributed by atoms with E-state index in [1.54, 1.807) is 0 Å². The molecular weight excluding hydrogens is 256 g/mol. The average molecular weight is 284 g/mol. The van der Waals surface area contributed by atoms with Gasteiger partial charge in [-0.1, -0.05) is 0 Å². The van der Waals surface area contributed by atoms with E-state index in [0.29, 0.717) is 13.1 Å². The zero-order valence-electron chi connectivity index (χ0n) is 12.2. The number of hydrogen-bond donors (Lipinski definition) is 4. The molecule has 1 fully saturated rings. The summed E-state index contributed by atoms with van der Waals surface area (Å²) in [5, 5.41) is 0. The summed E-state index contributed by atoms with van der Waals surface area (Å²) in [7, 11) is 0. The Bertz CT molecular complexity index is 279. The maximum Gasteiger partial charge on any atom is 0.185 e. The number of hydrogen-bond acceptors (Lipinski definition) is 4. The SMILES string of the molecule is NC(N)=NCCCN1CCN(CCCN=C(N)N)CC1. The zero-order chi connectivity index (χ0) is 14.8. The van der Waals surface area contributed by atoms with E-state index in [-0.39, 0.29) is 11.9 Å². The molecule has 0 aromatic rings. The highest BCUT2D eigenvalue weighted by atomic mass is 15.3. The highest BCUT2D eigenvalue weighted by Gasteiger charge is 2.15. The predicted molar refractivity (Wildman–Crippen MR) is 83.5 cm³/mol. The van der Waals surface area contributed by atoms with Crippen LogP contribution in [0.5, 0.6) is 0 Å². The summed E-state index contributed by atoms with van der Waals surface area (Å²) in [4.78, 5) is 12.9. The van der Waals surface area contributed by atoms with E-state index in [1.165, 1.54) is 0 Å². The summed E-state index contributed by atoms with van der Waals surface area (Å²) in [6.45, 7) is 7.93. The minimum Gasteiger partial charge on any atom is -0.370 e. The molecule has 0 amide bonds. The van der Waals surface area contributed by atoms with Crippen LogP contribution in [0.1, 0.15) is 12.8 Å². The van der Waals surface area contributed by atoms with Crippen molar-refractivity contribution in [1.29, 1.82) is 0 Å². The van der Waals surface area contributed by atoms with Gasteiger partial charge in [-0.15, -0.1) is 0 Å². The monoisotopic (exact) mass is 284 g/mol. The summed E-state index contributed by atoms with van der Waals surface area (Å²) in [5.41, 5.74) is 21.2. The number of piperazine rings is 1. The van der Waals surface area contributed by atoms with Gasteiger partial charge in [-0.2, -0.15) is 0 Å². The molecule has 0 aliphatic carbocycles. The molecule has 0 radical (unpaired) electrons. The van der Waals surface area contributed by atoms with Crippen molar-refractivity contribution in [2.24, 2.45) is 32.9 Å². The van der Waals surface area contributed by atoms with Crippen molar-refractivity contribution in [2.45, 2.75) is 12.8 Å². The maximum absolute atomic E-state index is 5.29. The molecule has 8 N–H and O–H groups in total. The molecule has 0 spiro atoms. The van der Waals surface area contributed by atoms with Crippen LogP contribution >= 0.6 is 0 Å². The molecule has 8 heteroatoms. The Morgan fingerprint density at radius 2 is 1.05 bits per heavy atom. The first-order valence-electron chi connectivity index (χ1n) is 7.13. The van der Waals surface area contributed by atoms with Crippen LogP contribution < -0.4 is 22.9 Å². The Hall–Kier alpha value is -1.54. The van der Waals surface area contributed by atoms with E-state index >= 15 is 0 Å². The largest absolute Gasteiger partial charge is 0.370 e. The summed E-state index contributed by atoms with van der Waals surface area (Å²) < 4.78 is 0. The molecule has 20 heavy (non-hydrogen) atoms. The van der Waals surface area contributed by atoms with Crippen LogP contribution in [0, 0.1) is 0 Å². The van der Waals surface area contributed by atoms with Crippen LogP contribution in [-0.2, 0) is 0 Å². The van der Waals surface area contributed by atoms with Crippen molar-refractivity contribution in [1.82, 2.24) is 9.80 Å². The highest BCUT2D eigenvalue weighted by molar-refractivity contribution is 5.75. The van der Waals surface area contributed by atoms with Crippen LogP contribution in [0.25, 0.3) is 0 Å². The van der Waals surface area contributed by atoms with E-state index in [9.17, 15) is 0 Å². The molecule has 0 aromatic carbocycles. The van der Waals surface area contributed by atoms with Crippen LogP contribution in [0.15, 0.2) is 9.98 Å². The number of guanidine groups is 2. The third kappa shape index (κ3) is 7.80. The number of rotatable bonds is 8. The predicted octanol–water partition coefficient (Wildman–Crippen LogP) is -2.07. The van der Waals surface area contributed by atoms with Gasteiger partial charge in [0.2, 0.25) is 0 Å². The second-order valence-electron chi connectivity index (χ2n) is 5.00. The molecule has 0 saturated carbocycles. The Morgan fingerprint density at radius 1 is 0.700 bits per heavy atom. The fraction of sp³-hybridized carbons (Fsp3) is 0.833. The van der Waals surface area contributed by atoms with Crippen LogP contribution in [0.4, 0.5) is 0 Å². The number of aliphatic imine (C=N–C) groups is 2. The first-order chi connectivity index (χ1) is 9.58. The van der Waals surface area contributed by atoms with Gasteiger partial charge in [0.15, 0.2) is 11.9 Å². The molecule has 1 aliphatic heterocycles. The molecule has 1 rings (SSSR count). The number of nitrogens with zero attached hydrogens (tertiary/aromatic N) is 4. The number of nitrogens with two attached hydrogens (primary N) is 4. The topological polar surface area (TPSA) is 135 Å². The Labute approximate surface area is 120 Å². The normalized spacial score (nSPS) is 16.8. The standard InChI is InChI=1S/C12H28N8/c13-11(14)17-3-1-5-19-7-9-20(10-8-19)6-2-4-18-12(15)16/h1-10H2,(H4,13,14,17)(H4,15,16,18). The van der Waals surface area contributed by atoms with Gasteiger partial charge in [-0.25, -0.2) is 0 Å². The van der Waals surface area contributed by atoms with Gasteiger partial charge in [-0.05, 0) is 12.8 Å². The first kappa shape index (κ1) is 16.5. The molecular formula is C12H28N8. The van der Waals surface area contributed by atoms with Gasteiger partial charge in [0.05, 0.1) is 0 Å². The van der Waals surface area contributed by atoms with E-state index in [1.807, 2.05) is 0 Å². The average Bonchev–Trinajstić information content (AvgIpc) is 2.41. The molecule has 0 aromatic heterocycles. The fourth-order valence-electron chi connectivity index (χ4n) is 2.24. The molecule has 1 saturated heterocycles. The molecule has 116 valence electrons. The molecule has 0 atom stereocenters. The second kappa shape index (κ2) is 9.38. The maximum atomic E-state index is 5.29. The Morgan fingerprint density at radius 3 is 1.35 bits per heavy atom. The van der Waals surface area contributed by atoms with Crippen molar-refractivity contribution in [3.05, 3.63) is 0 Å².